The van der Waals surface area contributed by atoms with E-state index in [0.717, 1.165) is 42.6 Å². The molecule has 1 atom stereocenters. The fraction of sp³-hybridized carbons (Fsp3) is 0.259. The molecular formula is C27H28N6O3S. The van der Waals surface area contributed by atoms with Crippen molar-refractivity contribution in [1.29, 1.82) is 0 Å². The summed E-state index contributed by atoms with van der Waals surface area (Å²) in [6, 6.07) is 14.8. The highest BCUT2D eigenvalue weighted by Gasteiger charge is 2.22. The topological polar surface area (TPSA) is 117 Å². The maximum Gasteiger partial charge on any atom is 0.251 e. The predicted octanol–water partition coefficient (Wildman–Crippen LogP) is 2.82. The molecule has 0 bridgehead atoms. The number of nitrogens with one attached hydrogen (secondary N) is 2. The lowest BCUT2D eigenvalue weighted by Gasteiger charge is -2.34. The maximum atomic E-state index is 12.7. The smallest absolute Gasteiger partial charge is 0.251 e. The van der Waals surface area contributed by atoms with Crippen molar-refractivity contribution in [3.8, 4) is 0 Å². The number of fused-ring (bicyclic) bond motifs is 1. The van der Waals surface area contributed by atoms with Crippen molar-refractivity contribution in [2.45, 2.75) is 24.4 Å². The number of benzene rings is 1. The lowest BCUT2D eigenvalue weighted by molar-refractivity contribution is 0.0950. The van der Waals surface area contributed by atoms with Gasteiger partial charge in [-0.1, -0.05) is 6.07 Å². The summed E-state index contributed by atoms with van der Waals surface area (Å²) in [4.78, 5) is 28.6. The third-order valence-electron chi connectivity index (χ3n) is 6.50. The van der Waals surface area contributed by atoms with E-state index in [4.69, 9.17) is 4.98 Å². The highest BCUT2D eigenvalue weighted by molar-refractivity contribution is 7.90. The van der Waals surface area contributed by atoms with Crippen LogP contribution in [-0.4, -0.2) is 55.2 Å². The highest BCUT2D eigenvalue weighted by atomic mass is 32.2. The van der Waals surface area contributed by atoms with E-state index in [0.29, 0.717) is 11.3 Å². The number of rotatable bonds is 6. The van der Waals surface area contributed by atoms with Crippen LogP contribution in [0, 0.1) is 6.92 Å². The number of carbonyl (C=O) groups is 1. The van der Waals surface area contributed by atoms with Gasteiger partial charge in [-0.3, -0.25) is 14.8 Å². The Balaban J connectivity index is 1.30. The van der Waals surface area contributed by atoms with Crippen molar-refractivity contribution < 1.29 is 13.2 Å². The van der Waals surface area contributed by atoms with Crippen LogP contribution in [-0.2, 0) is 16.4 Å². The number of piperazine rings is 1. The number of aromatic nitrogens is 3. The van der Waals surface area contributed by atoms with Gasteiger partial charge in [0.05, 0.1) is 28.7 Å². The molecule has 37 heavy (non-hydrogen) atoms. The van der Waals surface area contributed by atoms with Crippen molar-refractivity contribution >= 4 is 32.5 Å². The Kier molecular flexibility index (Phi) is 6.86. The second-order valence-corrected chi connectivity index (χ2v) is 11.2. The van der Waals surface area contributed by atoms with Crippen LogP contribution in [0.25, 0.3) is 10.9 Å². The number of aryl methyl sites for hydroxylation is 1. The molecule has 1 unspecified atom stereocenters. The van der Waals surface area contributed by atoms with Gasteiger partial charge in [0, 0.05) is 55.4 Å². The fourth-order valence-corrected chi connectivity index (χ4v) is 5.50. The summed E-state index contributed by atoms with van der Waals surface area (Å²) in [6.45, 7) is 4.39. The SMILES string of the molecule is Cc1ccc(C(=O)NCc2cc3nc(N4CCNC(c5ccncc5)C4)ccc3cn2)cc1S(C)(=O)=O. The Morgan fingerprint density at radius 3 is 2.73 bits per heavy atom. The zero-order chi connectivity index (χ0) is 26.0. The highest BCUT2D eigenvalue weighted by Crippen LogP contribution is 2.23. The molecular weight excluding hydrogens is 488 g/mol. The molecule has 4 aromatic rings. The predicted molar refractivity (Wildman–Crippen MR) is 142 cm³/mol. The van der Waals surface area contributed by atoms with E-state index in [1.807, 2.05) is 30.3 Å². The lowest BCUT2D eigenvalue weighted by Crippen LogP contribution is -2.46. The number of hydrogen-bond acceptors (Lipinski definition) is 8. The largest absolute Gasteiger partial charge is 0.353 e. The van der Waals surface area contributed by atoms with E-state index in [1.54, 1.807) is 37.6 Å². The lowest BCUT2D eigenvalue weighted by atomic mass is 10.1. The van der Waals surface area contributed by atoms with Crippen LogP contribution < -0.4 is 15.5 Å². The van der Waals surface area contributed by atoms with Gasteiger partial charge in [0.15, 0.2) is 9.84 Å². The van der Waals surface area contributed by atoms with Gasteiger partial charge in [-0.05, 0) is 60.5 Å². The molecule has 1 aromatic carbocycles. The molecule has 4 heterocycles. The molecule has 0 saturated carbocycles. The Bertz CT molecular complexity index is 1560. The van der Waals surface area contributed by atoms with Crippen molar-refractivity contribution in [3.05, 3.63) is 89.5 Å². The molecule has 5 rings (SSSR count). The van der Waals surface area contributed by atoms with E-state index in [9.17, 15) is 13.2 Å². The number of hydrogen-bond donors (Lipinski definition) is 2. The van der Waals surface area contributed by atoms with Crippen LogP contribution in [0.1, 0.15) is 33.2 Å². The molecule has 1 aliphatic rings. The van der Waals surface area contributed by atoms with Crippen molar-refractivity contribution in [3.63, 3.8) is 0 Å². The summed E-state index contributed by atoms with van der Waals surface area (Å²) < 4.78 is 24.0. The van der Waals surface area contributed by atoms with Crippen molar-refractivity contribution in [1.82, 2.24) is 25.6 Å². The molecule has 1 amide bonds. The van der Waals surface area contributed by atoms with Crippen LogP contribution in [0.3, 0.4) is 0 Å². The summed E-state index contributed by atoms with van der Waals surface area (Å²) >= 11 is 0. The van der Waals surface area contributed by atoms with Gasteiger partial charge in [-0.2, -0.15) is 0 Å². The Hall–Kier alpha value is -3.89. The molecule has 1 saturated heterocycles. The van der Waals surface area contributed by atoms with Gasteiger partial charge in [-0.25, -0.2) is 13.4 Å². The summed E-state index contributed by atoms with van der Waals surface area (Å²) in [5.41, 5.74) is 3.55. The molecule has 1 fully saturated rings. The van der Waals surface area contributed by atoms with Gasteiger partial charge in [0.2, 0.25) is 0 Å². The van der Waals surface area contributed by atoms with Crippen LogP contribution in [0.5, 0.6) is 0 Å². The first kappa shape index (κ1) is 24.8. The number of amides is 1. The van der Waals surface area contributed by atoms with E-state index in [-0.39, 0.29) is 29.0 Å². The number of anilines is 1. The number of nitrogens with zero attached hydrogens (tertiary/aromatic N) is 4. The molecule has 3 aromatic heterocycles. The first-order valence-electron chi connectivity index (χ1n) is 12.0. The second kappa shape index (κ2) is 10.2. The monoisotopic (exact) mass is 516 g/mol. The Morgan fingerprint density at radius 1 is 1.14 bits per heavy atom. The average Bonchev–Trinajstić information content (AvgIpc) is 2.91. The first-order valence-corrected chi connectivity index (χ1v) is 13.9. The van der Waals surface area contributed by atoms with E-state index in [2.05, 4.69) is 25.5 Å². The van der Waals surface area contributed by atoms with Crippen LogP contribution in [0.4, 0.5) is 5.82 Å². The summed E-state index contributed by atoms with van der Waals surface area (Å²) in [7, 11) is -3.43. The van der Waals surface area contributed by atoms with Gasteiger partial charge in [0.25, 0.3) is 5.91 Å². The Morgan fingerprint density at radius 2 is 1.95 bits per heavy atom. The van der Waals surface area contributed by atoms with E-state index < -0.39 is 9.84 Å². The first-order chi connectivity index (χ1) is 17.8. The standard InChI is InChI=1S/C27H28N6O3S/c1-18-3-4-20(13-25(18)37(2,35)36)27(34)31-16-22-14-23-21(15-30-22)5-6-26(32-23)33-12-11-29-24(17-33)19-7-9-28-10-8-19/h3-10,13-15,24,29H,11-12,16-17H2,1-2H3,(H,31,34). The van der Waals surface area contributed by atoms with Gasteiger partial charge < -0.3 is 15.5 Å². The molecule has 0 aliphatic carbocycles. The van der Waals surface area contributed by atoms with Crippen molar-refractivity contribution in [2.24, 2.45) is 0 Å². The zero-order valence-corrected chi connectivity index (χ0v) is 21.5. The fourth-order valence-electron chi connectivity index (χ4n) is 4.51. The van der Waals surface area contributed by atoms with Gasteiger partial charge in [0.1, 0.15) is 5.82 Å². The third-order valence-corrected chi connectivity index (χ3v) is 7.74. The van der Waals surface area contributed by atoms with Crippen LogP contribution in [0.2, 0.25) is 0 Å². The number of pyridine rings is 3. The van der Waals surface area contributed by atoms with Crippen LogP contribution >= 0.6 is 0 Å². The molecule has 9 nitrogen and oxygen atoms in total. The van der Waals surface area contributed by atoms with E-state index in [1.165, 1.54) is 11.6 Å². The number of carbonyl (C=O) groups excluding carboxylic acids is 1. The van der Waals surface area contributed by atoms with Gasteiger partial charge >= 0.3 is 0 Å². The minimum Gasteiger partial charge on any atom is -0.353 e. The zero-order valence-electron chi connectivity index (χ0n) is 20.7. The van der Waals surface area contributed by atoms with Gasteiger partial charge in [-0.15, -0.1) is 0 Å². The average molecular weight is 517 g/mol. The minimum absolute atomic E-state index is 0.153. The van der Waals surface area contributed by atoms with Crippen LogP contribution in [0.15, 0.2) is 72.0 Å². The molecule has 0 radical (unpaired) electrons. The minimum atomic E-state index is -3.43. The second-order valence-electron chi connectivity index (χ2n) is 9.21. The molecule has 0 spiro atoms. The molecule has 2 N–H and O–H groups in total. The summed E-state index contributed by atoms with van der Waals surface area (Å²) in [6.07, 6.45) is 6.50. The van der Waals surface area contributed by atoms with E-state index >= 15 is 0 Å². The summed E-state index contributed by atoms with van der Waals surface area (Å²) in [5.74, 6) is 0.527. The summed E-state index contributed by atoms with van der Waals surface area (Å²) in [5, 5.41) is 7.30. The van der Waals surface area contributed by atoms with Crippen molar-refractivity contribution in [2.75, 3.05) is 30.8 Å². The number of sulfone groups is 1. The third kappa shape index (κ3) is 5.60. The quantitative estimate of drug-likeness (QED) is 0.402. The molecule has 190 valence electrons. The normalized spacial score (nSPS) is 16.1. The molecule has 10 heteroatoms. The Labute approximate surface area is 215 Å². The maximum absolute atomic E-state index is 12.7. The molecule has 1 aliphatic heterocycles.